The molecular formula is C23H18ClNO3S. The maximum atomic E-state index is 12.5. The molecule has 1 unspecified atom stereocenters. The monoisotopic (exact) mass is 423 g/mol. The zero-order valence-electron chi connectivity index (χ0n) is 15.7. The van der Waals surface area contributed by atoms with Gasteiger partial charge in [0.2, 0.25) is 5.91 Å². The second kappa shape index (κ2) is 8.20. The highest BCUT2D eigenvalue weighted by atomic mass is 35.5. The molecule has 0 spiro atoms. The summed E-state index contributed by atoms with van der Waals surface area (Å²) in [5.74, 6) is 3.57. The van der Waals surface area contributed by atoms with E-state index in [2.05, 4.69) is 16.6 Å². The average molecular weight is 424 g/mol. The van der Waals surface area contributed by atoms with Crippen LogP contribution in [0.4, 0.5) is 5.69 Å². The first-order valence-electron chi connectivity index (χ1n) is 9.02. The second-order valence-corrected chi connectivity index (χ2v) is 7.95. The summed E-state index contributed by atoms with van der Waals surface area (Å²) in [5.41, 5.74) is 3.88. The number of nitrogens with one attached hydrogen (secondary N) is 1. The molecular weight excluding hydrogens is 406 g/mol. The van der Waals surface area contributed by atoms with Crippen LogP contribution in [0, 0.1) is 12.3 Å². The molecule has 0 fully saturated rings. The molecule has 1 atom stereocenters. The molecule has 0 aliphatic carbocycles. The van der Waals surface area contributed by atoms with Crippen molar-refractivity contribution in [1.82, 2.24) is 0 Å². The number of terminal acetylenes is 1. The molecule has 6 heteroatoms. The van der Waals surface area contributed by atoms with Crippen LogP contribution in [0.25, 0.3) is 11.1 Å². The topological polar surface area (TPSA) is 47.6 Å². The Balaban J connectivity index is 1.73. The summed E-state index contributed by atoms with van der Waals surface area (Å²) in [7, 11) is 1.59. The molecule has 29 heavy (non-hydrogen) atoms. The molecule has 4 rings (SSSR count). The van der Waals surface area contributed by atoms with Crippen LogP contribution in [0.1, 0.15) is 22.8 Å². The van der Waals surface area contributed by atoms with E-state index < -0.39 is 0 Å². The molecule has 4 nitrogen and oxygen atoms in total. The molecule has 0 bridgehead atoms. The number of hydrogen-bond acceptors (Lipinski definition) is 4. The van der Waals surface area contributed by atoms with Crippen molar-refractivity contribution in [3.63, 3.8) is 0 Å². The summed E-state index contributed by atoms with van der Waals surface area (Å²) in [6.45, 7) is 0.168. The van der Waals surface area contributed by atoms with Crippen LogP contribution in [0.3, 0.4) is 0 Å². The molecule has 0 saturated heterocycles. The van der Waals surface area contributed by atoms with E-state index in [1.54, 1.807) is 18.4 Å². The number of benzene rings is 2. The van der Waals surface area contributed by atoms with Crippen LogP contribution in [0.5, 0.6) is 11.5 Å². The van der Waals surface area contributed by atoms with Gasteiger partial charge < -0.3 is 14.8 Å². The fraction of sp³-hybridized carbons (Fsp3) is 0.174. The Morgan fingerprint density at radius 1 is 1.24 bits per heavy atom. The number of ether oxygens (including phenoxy) is 2. The quantitative estimate of drug-likeness (QED) is 0.546. The molecule has 2 heterocycles. The lowest BCUT2D eigenvalue weighted by Crippen LogP contribution is -2.22. The van der Waals surface area contributed by atoms with Crippen molar-refractivity contribution in [2.45, 2.75) is 12.3 Å². The standard InChI is InChI=1S/C23H18ClNO3S/c1-3-10-28-19-9-6-15(11-20(19)27-2)17-12-21(26)25-22-18(13-29-23(17)22)14-4-7-16(24)8-5-14/h1,4-9,11,13,17H,10,12H2,2H3,(H,25,26). The zero-order valence-corrected chi connectivity index (χ0v) is 17.3. The molecule has 1 amide bonds. The highest BCUT2D eigenvalue weighted by Gasteiger charge is 2.31. The summed E-state index contributed by atoms with van der Waals surface area (Å²) in [6, 6.07) is 13.3. The maximum Gasteiger partial charge on any atom is 0.225 e. The molecule has 1 N–H and O–H groups in total. The third-order valence-electron chi connectivity index (χ3n) is 4.85. The first-order valence-corrected chi connectivity index (χ1v) is 10.3. The number of rotatable bonds is 5. The van der Waals surface area contributed by atoms with Gasteiger partial charge in [-0.2, -0.15) is 0 Å². The average Bonchev–Trinajstić information content (AvgIpc) is 3.15. The molecule has 1 aliphatic rings. The first kappa shape index (κ1) is 19.4. The van der Waals surface area contributed by atoms with Gasteiger partial charge in [-0.3, -0.25) is 4.79 Å². The lowest BCUT2D eigenvalue weighted by molar-refractivity contribution is -0.116. The van der Waals surface area contributed by atoms with Crippen LogP contribution in [0.2, 0.25) is 5.02 Å². The molecule has 1 aliphatic heterocycles. The Morgan fingerprint density at radius 2 is 2.03 bits per heavy atom. The number of methoxy groups -OCH3 is 1. The van der Waals surface area contributed by atoms with Gasteiger partial charge >= 0.3 is 0 Å². The molecule has 0 saturated carbocycles. The van der Waals surface area contributed by atoms with E-state index in [0.717, 1.165) is 27.3 Å². The van der Waals surface area contributed by atoms with Gasteiger partial charge in [0.05, 0.1) is 12.8 Å². The van der Waals surface area contributed by atoms with E-state index >= 15 is 0 Å². The van der Waals surface area contributed by atoms with Gasteiger partial charge in [-0.15, -0.1) is 17.8 Å². The zero-order chi connectivity index (χ0) is 20.4. The van der Waals surface area contributed by atoms with Gasteiger partial charge in [-0.1, -0.05) is 35.7 Å². The Bertz CT molecular complexity index is 1100. The number of fused-ring (bicyclic) bond motifs is 1. The minimum atomic E-state index is -0.0552. The Labute approximate surface area is 178 Å². The van der Waals surface area contributed by atoms with Crippen LogP contribution >= 0.6 is 22.9 Å². The van der Waals surface area contributed by atoms with Crippen LogP contribution in [-0.2, 0) is 4.79 Å². The number of halogens is 1. The number of thiophene rings is 1. The van der Waals surface area contributed by atoms with Crippen LogP contribution in [0.15, 0.2) is 47.8 Å². The summed E-state index contributed by atoms with van der Waals surface area (Å²) < 4.78 is 11.0. The minimum absolute atomic E-state index is 0.0114. The number of hydrogen-bond donors (Lipinski definition) is 1. The Kier molecular flexibility index (Phi) is 5.48. The van der Waals surface area contributed by atoms with E-state index in [9.17, 15) is 4.79 Å². The van der Waals surface area contributed by atoms with Crippen LogP contribution < -0.4 is 14.8 Å². The molecule has 0 radical (unpaired) electrons. The summed E-state index contributed by atoms with van der Waals surface area (Å²) in [4.78, 5) is 13.6. The molecule has 3 aromatic rings. The Hall–Kier alpha value is -2.94. The van der Waals surface area contributed by atoms with Crippen molar-refractivity contribution in [3.8, 4) is 35.0 Å². The van der Waals surface area contributed by atoms with Gasteiger partial charge in [-0.25, -0.2) is 0 Å². The smallest absolute Gasteiger partial charge is 0.225 e. The van der Waals surface area contributed by atoms with Gasteiger partial charge in [0.15, 0.2) is 11.5 Å². The Morgan fingerprint density at radius 3 is 2.76 bits per heavy atom. The molecule has 1 aromatic heterocycles. The van der Waals surface area contributed by atoms with E-state index in [1.165, 1.54) is 0 Å². The van der Waals surface area contributed by atoms with Gasteiger partial charge in [0.25, 0.3) is 0 Å². The minimum Gasteiger partial charge on any atom is -0.493 e. The van der Waals surface area contributed by atoms with Crippen molar-refractivity contribution < 1.29 is 14.3 Å². The van der Waals surface area contributed by atoms with Crippen molar-refractivity contribution >= 4 is 34.5 Å². The highest BCUT2D eigenvalue weighted by molar-refractivity contribution is 7.11. The highest BCUT2D eigenvalue weighted by Crippen LogP contribution is 2.47. The lowest BCUT2D eigenvalue weighted by Gasteiger charge is -2.24. The number of anilines is 1. The maximum absolute atomic E-state index is 12.5. The van der Waals surface area contributed by atoms with Crippen molar-refractivity contribution in [2.75, 3.05) is 19.0 Å². The summed E-state index contributed by atoms with van der Waals surface area (Å²) in [6.07, 6.45) is 5.65. The SMILES string of the molecule is C#CCOc1ccc(C2CC(=O)Nc3c(-c4ccc(Cl)cc4)csc32)cc1OC. The molecule has 2 aromatic carbocycles. The largest absolute Gasteiger partial charge is 0.493 e. The van der Waals surface area contributed by atoms with Crippen molar-refractivity contribution in [2.24, 2.45) is 0 Å². The number of carbonyl (C=O) groups excluding carboxylic acids is 1. The third-order valence-corrected chi connectivity index (χ3v) is 6.19. The summed E-state index contributed by atoms with van der Waals surface area (Å²) >= 11 is 7.66. The summed E-state index contributed by atoms with van der Waals surface area (Å²) in [5, 5.41) is 5.81. The van der Waals surface area contributed by atoms with Gasteiger partial charge in [0.1, 0.15) is 6.61 Å². The van der Waals surface area contributed by atoms with E-state index in [4.69, 9.17) is 27.5 Å². The number of carbonyl (C=O) groups is 1. The van der Waals surface area contributed by atoms with Crippen LogP contribution in [-0.4, -0.2) is 19.6 Å². The third kappa shape index (κ3) is 3.82. The predicted octanol–water partition coefficient (Wildman–Crippen LogP) is 5.56. The predicted molar refractivity (Wildman–Crippen MR) is 117 cm³/mol. The van der Waals surface area contributed by atoms with Crippen molar-refractivity contribution in [3.05, 3.63) is 63.3 Å². The fourth-order valence-corrected chi connectivity index (χ4v) is 4.76. The van der Waals surface area contributed by atoms with E-state index in [1.807, 2.05) is 42.5 Å². The molecule has 146 valence electrons. The second-order valence-electron chi connectivity index (χ2n) is 6.60. The van der Waals surface area contributed by atoms with Gasteiger partial charge in [-0.05, 0) is 35.4 Å². The lowest BCUT2D eigenvalue weighted by atomic mass is 9.89. The van der Waals surface area contributed by atoms with Crippen molar-refractivity contribution in [1.29, 1.82) is 0 Å². The first-order chi connectivity index (χ1) is 14.1. The van der Waals surface area contributed by atoms with E-state index in [-0.39, 0.29) is 18.4 Å². The van der Waals surface area contributed by atoms with Gasteiger partial charge in [0, 0.05) is 33.2 Å². The van der Waals surface area contributed by atoms with E-state index in [0.29, 0.717) is 22.9 Å². The normalized spacial score (nSPS) is 15.2. The number of amides is 1. The fourth-order valence-electron chi connectivity index (χ4n) is 3.48.